The average Bonchev–Trinajstić information content (AvgIpc) is 2.92. The molecule has 0 aromatic heterocycles. The second-order valence-corrected chi connectivity index (χ2v) is 8.79. The summed E-state index contributed by atoms with van der Waals surface area (Å²) in [5.74, 6) is 0.264. The predicted molar refractivity (Wildman–Crippen MR) is 146 cm³/mol. The number of fused-ring (bicyclic) bond motifs is 1. The quantitative estimate of drug-likeness (QED) is 0.246. The van der Waals surface area contributed by atoms with Crippen LogP contribution in [0.2, 0.25) is 0 Å². The zero-order valence-electron chi connectivity index (χ0n) is 19.9. The van der Waals surface area contributed by atoms with Crippen molar-refractivity contribution in [2.75, 3.05) is 6.61 Å². The molecule has 4 aromatic carbocycles. The second kappa shape index (κ2) is 10.6. The molecule has 0 fully saturated rings. The number of hydrogen-bond acceptors (Lipinski definition) is 4. The van der Waals surface area contributed by atoms with Crippen LogP contribution in [0.15, 0.2) is 103 Å². The third kappa shape index (κ3) is 4.81. The minimum atomic E-state index is -0.579. The van der Waals surface area contributed by atoms with Gasteiger partial charge >= 0.3 is 5.97 Å². The maximum atomic E-state index is 13.5. The minimum absolute atomic E-state index is 0.258. The summed E-state index contributed by atoms with van der Waals surface area (Å²) in [4.78, 5) is 13.5. The summed E-state index contributed by atoms with van der Waals surface area (Å²) < 4.78 is 11.9. The van der Waals surface area contributed by atoms with Crippen molar-refractivity contribution < 1.29 is 14.3 Å². The second-order valence-electron chi connectivity index (χ2n) is 8.38. The Balaban J connectivity index is 1.70. The first-order chi connectivity index (χ1) is 17.7. The zero-order valence-corrected chi connectivity index (χ0v) is 20.7. The lowest BCUT2D eigenvalue weighted by atomic mass is 9.89. The highest BCUT2D eigenvalue weighted by molar-refractivity contribution is 7.80. The summed E-state index contributed by atoms with van der Waals surface area (Å²) in [5.41, 5.74) is 3.82. The summed E-state index contributed by atoms with van der Waals surface area (Å²) >= 11 is 5.62. The average molecular weight is 495 g/mol. The Kier molecular flexibility index (Phi) is 6.96. The Labute approximate surface area is 215 Å². The van der Waals surface area contributed by atoms with Crippen LogP contribution in [-0.4, -0.2) is 17.7 Å². The molecule has 0 saturated heterocycles. The molecule has 1 unspecified atom stereocenters. The summed E-state index contributed by atoms with van der Waals surface area (Å²) in [7, 11) is 0. The minimum Gasteiger partial charge on any atom is -0.489 e. The molecular formula is C30H26N2O3S. The van der Waals surface area contributed by atoms with Crippen molar-refractivity contribution in [1.29, 1.82) is 0 Å². The van der Waals surface area contributed by atoms with Crippen LogP contribution in [-0.2, 0) is 16.1 Å². The van der Waals surface area contributed by atoms with E-state index in [-0.39, 0.29) is 6.61 Å². The summed E-state index contributed by atoms with van der Waals surface area (Å²) in [6, 6.07) is 31.2. The number of rotatable bonds is 7. The van der Waals surface area contributed by atoms with Crippen LogP contribution in [0, 0.1) is 0 Å². The van der Waals surface area contributed by atoms with Gasteiger partial charge in [0.05, 0.1) is 23.9 Å². The molecule has 36 heavy (non-hydrogen) atoms. The van der Waals surface area contributed by atoms with Gasteiger partial charge in [0.1, 0.15) is 12.4 Å². The van der Waals surface area contributed by atoms with E-state index in [9.17, 15) is 4.79 Å². The van der Waals surface area contributed by atoms with Gasteiger partial charge in [-0.2, -0.15) is 0 Å². The number of carbonyl (C=O) groups excluding carboxylic acids is 1. The van der Waals surface area contributed by atoms with Crippen molar-refractivity contribution in [2.45, 2.75) is 19.6 Å². The number of nitrogens with one attached hydrogen (secondary N) is 2. The molecule has 0 saturated carbocycles. The third-order valence-electron chi connectivity index (χ3n) is 6.09. The monoisotopic (exact) mass is 494 g/mol. The van der Waals surface area contributed by atoms with E-state index in [1.807, 2.05) is 97.1 Å². The molecule has 4 aromatic rings. The van der Waals surface area contributed by atoms with E-state index in [4.69, 9.17) is 21.7 Å². The molecule has 5 nitrogen and oxygen atoms in total. The van der Waals surface area contributed by atoms with Crippen molar-refractivity contribution in [3.63, 3.8) is 0 Å². The molecule has 2 N–H and O–H groups in total. The summed E-state index contributed by atoms with van der Waals surface area (Å²) in [6.45, 7) is 2.45. The van der Waals surface area contributed by atoms with Crippen LogP contribution >= 0.6 is 12.2 Å². The third-order valence-corrected chi connectivity index (χ3v) is 6.31. The fourth-order valence-electron chi connectivity index (χ4n) is 4.48. The molecule has 0 aliphatic carbocycles. The maximum absolute atomic E-state index is 13.5. The van der Waals surface area contributed by atoms with Crippen LogP contribution in [0.4, 0.5) is 0 Å². The van der Waals surface area contributed by atoms with Crippen molar-refractivity contribution in [3.8, 4) is 5.75 Å². The SMILES string of the molecule is CCOC(=O)C1=C(c2ccccc2)NC(=S)NC1c1c(OCc2ccccc2)ccc2ccccc12. The van der Waals surface area contributed by atoms with Gasteiger partial charge in [-0.3, -0.25) is 0 Å². The van der Waals surface area contributed by atoms with Crippen molar-refractivity contribution in [1.82, 2.24) is 10.6 Å². The number of esters is 1. The van der Waals surface area contributed by atoms with Crippen LogP contribution in [0.5, 0.6) is 5.75 Å². The van der Waals surface area contributed by atoms with Gasteiger partial charge in [0.2, 0.25) is 0 Å². The number of benzene rings is 4. The standard InChI is InChI=1S/C30H26N2O3S/c1-2-34-29(33)26-27(22-14-7-4-8-15-22)31-30(36)32-28(26)25-23-16-10-9-13-21(23)17-18-24(25)35-19-20-11-5-3-6-12-20/h3-18,28H,2,19H2,1H3,(H2,31,32,36). The van der Waals surface area contributed by atoms with Gasteiger partial charge in [-0.15, -0.1) is 0 Å². The summed E-state index contributed by atoms with van der Waals surface area (Å²) in [5, 5.41) is 8.97. The lowest BCUT2D eigenvalue weighted by Gasteiger charge is -2.32. The molecule has 0 radical (unpaired) electrons. The van der Waals surface area contributed by atoms with Gasteiger partial charge in [-0.05, 0) is 47.1 Å². The molecule has 1 aliphatic rings. The van der Waals surface area contributed by atoms with E-state index in [2.05, 4.69) is 10.6 Å². The molecule has 0 spiro atoms. The predicted octanol–water partition coefficient (Wildman–Crippen LogP) is 5.91. The largest absolute Gasteiger partial charge is 0.489 e. The molecule has 5 rings (SSSR count). The van der Waals surface area contributed by atoms with E-state index in [1.165, 1.54) is 0 Å². The van der Waals surface area contributed by atoms with E-state index in [0.29, 0.717) is 28.7 Å². The van der Waals surface area contributed by atoms with Crippen LogP contribution in [0.25, 0.3) is 16.5 Å². The molecule has 0 bridgehead atoms. The van der Waals surface area contributed by atoms with Crippen LogP contribution in [0.1, 0.15) is 29.7 Å². The lowest BCUT2D eigenvalue weighted by Crippen LogP contribution is -2.45. The molecule has 180 valence electrons. The summed E-state index contributed by atoms with van der Waals surface area (Å²) in [6.07, 6.45) is 0. The molecule has 1 atom stereocenters. The fourth-order valence-corrected chi connectivity index (χ4v) is 4.70. The van der Waals surface area contributed by atoms with Gasteiger partial charge in [-0.1, -0.05) is 91.0 Å². The Morgan fingerprint density at radius 1 is 0.889 bits per heavy atom. The topological polar surface area (TPSA) is 59.6 Å². The number of hydrogen-bond donors (Lipinski definition) is 2. The van der Waals surface area contributed by atoms with E-state index >= 15 is 0 Å². The van der Waals surface area contributed by atoms with Crippen LogP contribution in [0.3, 0.4) is 0 Å². The Morgan fingerprint density at radius 2 is 1.58 bits per heavy atom. The Bertz CT molecular complexity index is 1430. The number of ether oxygens (including phenoxy) is 2. The zero-order chi connectivity index (χ0) is 24.9. The van der Waals surface area contributed by atoms with Crippen molar-refractivity contribution in [2.24, 2.45) is 0 Å². The van der Waals surface area contributed by atoms with E-state index in [1.54, 1.807) is 6.92 Å². The highest BCUT2D eigenvalue weighted by Gasteiger charge is 2.35. The fraction of sp³-hybridized carbons (Fsp3) is 0.133. The van der Waals surface area contributed by atoms with Gasteiger partial charge in [0.25, 0.3) is 0 Å². The lowest BCUT2D eigenvalue weighted by molar-refractivity contribution is -0.138. The molecular weight excluding hydrogens is 468 g/mol. The molecule has 0 amide bonds. The van der Waals surface area contributed by atoms with Gasteiger partial charge < -0.3 is 20.1 Å². The highest BCUT2D eigenvalue weighted by Crippen LogP contribution is 2.40. The van der Waals surface area contributed by atoms with E-state index in [0.717, 1.165) is 27.5 Å². The normalized spacial score (nSPS) is 15.2. The van der Waals surface area contributed by atoms with Crippen molar-refractivity contribution >= 4 is 39.8 Å². The first kappa shape index (κ1) is 23.6. The van der Waals surface area contributed by atoms with Crippen LogP contribution < -0.4 is 15.4 Å². The molecule has 6 heteroatoms. The molecule has 1 aliphatic heterocycles. The number of thiocarbonyl (C=S) groups is 1. The molecule has 1 heterocycles. The highest BCUT2D eigenvalue weighted by atomic mass is 32.1. The van der Waals surface area contributed by atoms with Crippen molar-refractivity contribution in [3.05, 3.63) is 119 Å². The van der Waals surface area contributed by atoms with Gasteiger partial charge in [0, 0.05) is 5.56 Å². The van der Waals surface area contributed by atoms with E-state index < -0.39 is 12.0 Å². The smallest absolute Gasteiger partial charge is 0.338 e. The number of carbonyl (C=O) groups is 1. The Morgan fingerprint density at radius 3 is 2.33 bits per heavy atom. The first-order valence-corrected chi connectivity index (χ1v) is 12.3. The first-order valence-electron chi connectivity index (χ1n) is 11.9. The van der Waals surface area contributed by atoms with Gasteiger partial charge in [-0.25, -0.2) is 4.79 Å². The van der Waals surface area contributed by atoms with Gasteiger partial charge in [0.15, 0.2) is 5.11 Å². The Hall–Kier alpha value is -4.16. The maximum Gasteiger partial charge on any atom is 0.338 e.